The third kappa shape index (κ3) is 2.29. The molecule has 0 saturated heterocycles. The fourth-order valence-electron chi connectivity index (χ4n) is 2.23. The van der Waals surface area contributed by atoms with Gasteiger partial charge in [0.05, 0.1) is 16.8 Å². The lowest BCUT2D eigenvalue weighted by atomic mass is 10.1. The van der Waals surface area contributed by atoms with E-state index in [1.54, 1.807) is 24.3 Å². The van der Waals surface area contributed by atoms with Crippen molar-refractivity contribution in [2.75, 3.05) is 0 Å². The highest BCUT2D eigenvalue weighted by Crippen LogP contribution is 2.30. The van der Waals surface area contributed by atoms with Gasteiger partial charge in [-0.2, -0.15) is 0 Å². The molecular weight excluding hydrogens is 282 g/mol. The van der Waals surface area contributed by atoms with Crippen molar-refractivity contribution in [1.82, 2.24) is 0 Å². The third-order valence-corrected chi connectivity index (χ3v) is 3.38. The second kappa shape index (κ2) is 5.29. The van der Waals surface area contributed by atoms with Gasteiger partial charge < -0.3 is 10.2 Å². The van der Waals surface area contributed by atoms with Crippen LogP contribution in [0.5, 0.6) is 0 Å². The molecule has 0 radical (unpaired) electrons. The molecule has 0 amide bonds. The summed E-state index contributed by atoms with van der Waals surface area (Å²) < 4.78 is 0. The maximum absolute atomic E-state index is 12.2. The van der Waals surface area contributed by atoms with Crippen molar-refractivity contribution < 1.29 is 19.8 Å². The zero-order valence-corrected chi connectivity index (χ0v) is 11.4. The highest BCUT2D eigenvalue weighted by atomic mass is 16.4. The van der Waals surface area contributed by atoms with Crippen molar-refractivity contribution in [1.29, 1.82) is 0 Å². The molecule has 0 saturated carbocycles. The molecule has 2 aromatic rings. The zero-order valence-electron chi connectivity index (χ0n) is 11.4. The van der Waals surface area contributed by atoms with E-state index < -0.39 is 5.97 Å². The molecule has 0 unspecified atom stereocenters. The number of carboxylic acids is 1. The van der Waals surface area contributed by atoms with Gasteiger partial charge in [-0.1, -0.05) is 24.3 Å². The first-order valence-electron chi connectivity index (χ1n) is 6.52. The average Bonchev–Trinajstić information content (AvgIpc) is 2.78. The number of carboxylic acid groups (broad SMARTS) is 1. The van der Waals surface area contributed by atoms with Crippen LogP contribution in [0.25, 0.3) is 5.76 Å². The van der Waals surface area contributed by atoms with Crippen molar-refractivity contribution in [3.05, 3.63) is 70.8 Å². The Balaban J connectivity index is 1.89. The summed E-state index contributed by atoms with van der Waals surface area (Å²) >= 11 is 0. The number of benzene rings is 2. The molecule has 22 heavy (non-hydrogen) atoms. The van der Waals surface area contributed by atoms with Crippen molar-refractivity contribution in [2.45, 2.75) is 0 Å². The second-order valence-electron chi connectivity index (χ2n) is 4.75. The minimum atomic E-state index is -1.02. The summed E-state index contributed by atoms with van der Waals surface area (Å²) in [5, 5.41) is 18.9. The van der Waals surface area contributed by atoms with Crippen LogP contribution in [0.2, 0.25) is 0 Å². The highest BCUT2D eigenvalue weighted by Gasteiger charge is 2.27. The first-order valence-corrected chi connectivity index (χ1v) is 6.52. The summed E-state index contributed by atoms with van der Waals surface area (Å²) in [6, 6.07) is 12.7. The van der Waals surface area contributed by atoms with E-state index in [2.05, 4.69) is 4.99 Å². The van der Waals surface area contributed by atoms with Crippen molar-refractivity contribution in [3.63, 3.8) is 0 Å². The summed E-state index contributed by atoms with van der Waals surface area (Å²) in [7, 11) is 0. The molecule has 1 aliphatic rings. The van der Waals surface area contributed by atoms with Crippen LogP contribution in [0, 0.1) is 0 Å². The summed E-state index contributed by atoms with van der Waals surface area (Å²) in [6.07, 6.45) is 1.30. The quantitative estimate of drug-likeness (QED) is 0.850. The lowest BCUT2D eigenvalue weighted by Crippen LogP contribution is -1.99. The Labute approximate surface area is 125 Å². The number of hydrogen-bond acceptors (Lipinski definition) is 4. The number of ketones is 1. The summed E-state index contributed by atoms with van der Waals surface area (Å²) in [6.45, 7) is 0. The number of aliphatic imine (C=N–C) groups is 1. The normalized spacial score (nSPS) is 13.7. The third-order valence-electron chi connectivity index (χ3n) is 3.38. The van der Waals surface area contributed by atoms with E-state index in [1.165, 1.54) is 30.5 Å². The molecule has 0 fully saturated rings. The van der Waals surface area contributed by atoms with E-state index in [0.717, 1.165) is 0 Å². The molecule has 0 atom stereocenters. The molecule has 108 valence electrons. The number of aromatic carboxylic acids is 1. The van der Waals surface area contributed by atoms with Crippen molar-refractivity contribution in [3.8, 4) is 0 Å². The molecule has 0 bridgehead atoms. The smallest absolute Gasteiger partial charge is 0.335 e. The molecule has 2 N–H and O–H groups in total. The number of Topliss-reactive ketones (excluding diaryl/α,β-unsaturated/α-hetero) is 1. The molecule has 3 rings (SSSR count). The van der Waals surface area contributed by atoms with Crippen LogP contribution in [-0.2, 0) is 0 Å². The number of aliphatic hydroxyl groups excluding tert-OH is 1. The Morgan fingerprint density at radius 1 is 1.00 bits per heavy atom. The Hall–Kier alpha value is -3.21. The number of rotatable bonds is 3. The monoisotopic (exact) mass is 293 g/mol. The average molecular weight is 293 g/mol. The maximum atomic E-state index is 12.2. The molecule has 0 aromatic heterocycles. The van der Waals surface area contributed by atoms with Crippen LogP contribution in [-0.4, -0.2) is 28.2 Å². The molecule has 2 aromatic carbocycles. The standard InChI is InChI=1S/C17H11NO4/c19-15-12-3-1-2-4-13(12)16(20)14(15)9-18-11-7-5-10(6-8-11)17(21)22/h1-9,19H,(H,21,22). The van der Waals surface area contributed by atoms with E-state index in [-0.39, 0.29) is 22.7 Å². The van der Waals surface area contributed by atoms with Gasteiger partial charge >= 0.3 is 5.97 Å². The fraction of sp³-hybridized carbons (Fsp3) is 0. The number of carbonyl (C=O) groups is 2. The van der Waals surface area contributed by atoms with Crippen molar-refractivity contribution >= 4 is 29.4 Å². The lowest BCUT2D eigenvalue weighted by molar-refractivity contribution is 0.0696. The van der Waals surface area contributed by atoms with Gasteiger partial charge in [0.25, 0.3) is 0 Å². The van der Waals surface area contributed by atoms with Gasteiger partial charge in [0.1, 0.15) is 5.76 Å². The summed E-state index contributed by atoms with van der Waals surface area (Å²) in [5.41, 5.74) is 1.72. The van der Waals surface area contributed by atoms with E-state index in [1.807, 2.05) is 0 Å². The number of carbonyl (C=O) groups excluding carboxylic acids is 1. The van der Waals surface area contributed by atoms with E-state index in [9.17, 15) is 14.7 Å². The van der Waals surface area contributed by atoms with Gasteiger partial charge in [-0.05, 0) is 24.3 Å². The van der Waals surface area contributed by atoms with Crippen LogP contribution < -0.4 is 0 Å². The summed E-state index contributed by atoms with van der Waals surface area (Å²) in [4.78, 5) is 27.1. The second-order valence-corrected chi connectivity index (χ2v) is 4.75. The van der Waals surface area contributed by atoms with Crippen LogP contribution in [0.3, 0.4) is 0 Å². The molecular formula is C17H11NO4. The Kier molecular flexibility index (Phi) is 3.31. The van der Waals surface area contributed by atoms with Crippen molar-refractivity contribution in [2.24, 2.45) is 4.99 Å². The lowest BCUT2D eigenvalue weighted by Gasteiger charge is -1.97. The highest BCUT2D eigenvalue weighted by molar-refractivity contribution is 6.30. The molecule has 0 heterocycles. The van der Waals surface area contributed by atoms with Gasteiger partial charge in [-0.25, -0.2) is 4.79 Å². The topological polar surface area (TPSA) is 87.0 Å². The number of aliphatic hydroxyl groups is 1. The number of fused-ring (bicyclic) bond motifs is 1. The van der Waals surface area contributed by atoms with Crippen LogP contribution in [0.1, 0.15) is 26.3 Å². The number of hydrogen-bond donors (Lipinski definition) is 2. The molecule has 5 nitrogen and oxygen atoms in total. The van der Waals surface area contributed by atoms with E-state index in [0.29, 0.717) is 16.8 Å². The van der Waals surface area contributed by atoms with Gasteiger partial charge in [-0.3, -0.25) is 9.79 Å². The van der Waals surface area contributed by atoms with E-state index in [4.69, 9.17) is 5.11 Å². The zero-order chi connectivity index (χ0) is 15.7. The first-order chi connectivity index (χ1) is 10.6. The van der Waals surface area contributed by atoms with Gasteiger partial charge in [-0.15, -0.1) is 0 Å². The Morgan fingerprint density at radius 2 is 1.64 bits per heavy atom. The Bertz CT molecular complexity index is 832. The minimum absolute atomic E-state index is 0.0912. The molecule has 1 aliphatic carbocycles. The SMILES string of the molecule is O=C(O)c1ccc(N=CC2=C(O)c3ccccc3C2=O)cc1. The van der Waals surface area contributed by atoms with E-state index >= 15 is 0 Å². The van der Waals surface area contributed by atoms with Crippen LogP contribution >= 0.6 is 0 Å². The number of allylic oxidation sites excluding steroid dienone is 1. The van der Waals surface area contributed by atoms with Crippen LogP contribution in [0.15, 0.2) is 59.1 Å². The predicted molar refractivity (Wildman–Crippen MR) is 81.9 cm³/mol. The minimum Gasteiger partial charge on any atom is -0.506 e. The number of nitrogens with zero attached hydrogens (tertiary/aromatic N) is 1. The van der Waals surface area contributed by atoms with Gasteiger partial charge in [0.15, 0.2) is 5.78 Å². The maximum Gasteiger partial charge on any atom is 0.335 e. The predicted octanol–water partition coefficient (Wildman–Crippen LogP) is 3.25. The summed E-state index contributed by atoms with van der Waals surface area (Å²) in [5.74, 6) is -1.39. The molecule has 0 spiro atoms. The van der Waals surface area contributed by atoms with Crippen LogP contribution in [0.4, 0.5) is 5.69 Å². The first kappa shape index (κ1) is 13.8. The van der Waals surface area contributed by atoms with Gasteiger partial charge in [0.2, 0.25) is 0 Å². The Morgan fingerprint density at radius 3 is 2.23 bits per heavy atom. The molecule has 0 aliphatic heterocycles. The molecule has 5 heteroatoms. The largest absolute Gasteiger partial charge is 0.506 e. The van der Waals surface area contributed by atoms with Gasteiger partial charge in [0, 0.05) is 17.3 Å². The fourth-order valence-corrected chi connectivity index (χ4v) is 2.23.